The van der Waals surface area contributed by atoms with E-state index in [1.807, 2.05) is 26.0 Å². The molecule has 1 aliphatic heterocycles. The van der Waals surface area contributed by atoms with Crippen LogP contribution in [0.2, 0.25) is 0 Å². The van der Waals surface area contributed by atoms with Crippen LogP contribution in [0, 0.1) is 6.92 Å². The number of aliphatic hydroxyl groups is 1. The fourth-order valence-electron chi connectivity index (χ4n) is 2.17. The Labute approximate surface area is 113 Å². The Bertz CT molecular complexity index is 463. The molecule has 4 nitrogen and oxygen atoms in total. The number of piperidine rings is 1. The number of anilines is 1. The summed E-state index contributed by atoms with van der Waals surface area (Å²) >= 11 is 5.01. The quantitative estimate of drug-likeness (QED) is 0.791. The van der Waals surface area contributed by atoms with Gasteiger partial charge >= 0.3 is 0 Å². The van der Waals surface area contributed by atoms with Crippen molar-refractivity contribution >= 4 is 23.0 Å². The molecule has 1 aromatic rings. The van der Waals surface area contributed by atoms with Crippen LogP contribution >= 0.6 is 12.2 Å². The number of thiocarbonyl (C=S) groups is 1. The molecule has 0 radical (unpaired) electrons. The van der Waals surface area contributed by atoms with Gasteiger partial charge in [0.1, 0.15) is 10.8 Å². The van der Waals surface area contributed by atoms with Gasteiger partial charge in [0.05, 0.1) is 5.60 Å². The lowest BCUT2D eigenvalue weighted by Crippen LogP contribution is -2.42. The molecule has 1 aliphatic rings. The molecule has 1 aromatic heterocycles. The minimum absolute atomic E-state index is 0.394. The molecule has 1 fully saturated rings. The Morgan fingerprint density at radius 3 is 2.61 bits per heavy atom. The van der Waals surface area contributed by atoms with Crippen molar-refractivity contribution in [1.29, 1.82) is 0 Å². The van der Waals surface area contributed by atoms with Gasteiger partial charge in [-0.05, 0) is 38.8 Å². The zero-order valence-corrected chi connectivity index (χ0v) is 11.6. The SMILES string of the molecule is Cc1cc(C(N)=S)cc(N2CCC(C)(O)CC2)n1. The third-order valence-electron chi connectivity index (χ3n) is 3.39. The lowest BCUT2D eigenvalue weighted by molar-refractivity contribution is 0.0350. The maximum Gasteiger partial charge on any atom is 0.129 e. The zero-order valence-electron chi connectivity index (χ0n) is 10.8. The van der Waals surface area contributed by atoms with Crippen LogP contribution in [0.1, 0.15) is 31.0 Å². The molecule has 18 heavy (non-hydrogen) atoms. The minimum atomic E-state index is -0.549. The summed E-state index contributed by atoms with van der Waals surface area (Å²) in [4.78, 5) is 7.08. The number of aryl methyl sites for hydroxylation is 1. The topological polar surface area (TPSA) is 62.4 Å². The van der Waals surface area contributed by atoms with E-state index in [-0.39, 0.29) is 0 Å². The van der Waals surface area contributed by atoms with E-state index in [2.05, 4.69) is 9.88 Å². The molecule has 0 amide bonds. The molecule has 1 saturated heterocycles. The van der Waals surface area contributed by atoms with Crippen molar-refractivity contribution in [2.24, 2.45) is 5.73 Å². The van der Waals surface area contributed by atoms with Crippen molar-refractivity contribution < 1.29 is 5.11 Å². The number of aromatic nitrogens is 1. The van der Waals surface area contributed by atoms with Crippen LogP contribution in [-0.4, -0.2) is 33.8 Å². The Morgan fingerprint density at radius 1 is 1.44 bits per heavy atom. The molecule has 0 aliphatic carbocycles. The van der Waals surface area contributed by atoms with E-state index < -0.39 is 5.60 Å². The first-order valence-electron chi connectivity index (χ1n) is 6.13. The van der Waals surface area contributed by atoms with Crippen molar-refractivity contribution in [2.45, 2.75) is 32.3 Å². The van der Waals surface area contributed by atoms with Crippen LogP contribution in [0.25, 0.3) is 0 Å². The number of hydrogen-bond donors (Lipinski definition) is 2. The van der Waals surface area contributed by atoms with Crippen molar-refractivity contribution in [2.75, 3.05) is 18.0 Å². The van der Waals surface area contributed by atoms with E-state index >= 15 is 0 Å². The molecule has 0 spiro atoms. The Morgan fingerprint density at radius 2 is 2.06 bits per heavy atom. The number of rotatable bonds is 2. The molecule has 0 aromatic carbocycles. The number of pyridine rings is 1. The van der Waals surface area contributed by atoms with Gasteiger partial charge in [0.15, 0.2) is 0 Å². The van der Waals surface area contributed by atoms with Gasteiger partial charge < -0.3 is 15.7 Å². The molecule has 98 valence electrons. The van der Waals surface area contributed by atoms with Crippen molar-refractivity contribution in [3.63, 3.8) is 0 Å². The highest BCUT2D eigenvalue weighted by atomic mass is 32.1. The van der Waals surface area contributed by atoms with Crippen LogP contribution in [0.3, 0.4) is 0 Å². The number of hydrogen-bond acceptors (Lipinski definition) is 4. The fraction of sp³-hybridized carbons (Fsp3) is 0.538. The second kappa shape index (κ2) is 4.82. The first-order valence-corrected chi connectivity index (χ1v) is 6.54. The van der Waals surface area contributed by atoms with Gasteiger partial charge in [0.25, 0.3) is 0 Å². The predicted octanol–water partition coefficient (Wildman–Crippen LogP) is 1.38. The number of nitrogens with zero attached hydrogens (tertiary/aromatic N) is 2. The van der Waals surface area contributed by atoms with Gasteiger partial charge in [-0.15, -0.1) is 0 Å². The molecule has 0 bridgehead atoms. The molecular weight excluding hydrogens is 246 g/mol. The summed E-state index contributed by atoms with van der Waals surface area (Å²) in [6, 6.07) is 3.82. The van der Waals surface area contributed by atoms with Gasteiger partial charge in [0, 0.05) is 24.3 Å². The average molecular weight is 265 g/mol. The predicted molar refractivity (Wildman–Crippen MR) is 76.9 cm³/mol. The highest BCUT2D eigenvalue weighted by Crippen LogP contribution is 2.25. The van der Waals surface area contributed by atoms with Gasteiger partial charge in [-0.3, -0.25) is 0 Å². The summed E-state index contributed by atoms with van der Waals surface area (Å²) in [5, 5.41) is 9.95. The van der Waals surface area contributed by atoms with E-state index in [1.165, 1.54) is 0 Å². The molecule has 5 heteroatoms. The average Bonchev–Trinajstić information content (AvgIpc) is 2.28. The zero-order chi connectivity index (χ0) is 13.3. The van der Waals surface area contributed by atoms with Gasteiger partial charge in [-0.25, -0.2) is 4.98 Å². The molecule has 2 heterocycles. The summed E-state index contributed by atoms with van der Waals surface area (Å²) in [5.74, 6) is 0.897. The third kappa shape index (κ3) is 2.97. The largest absolute Gasteiger partial charge is 0.390 e. The van der Waals surface area contributed by atoms with Crippen molar-refractivity contribution in [3.05, 3.63) is 23.4 Å². The summed E-state index contributed by atoms with van der Waals surface area (Å²) < 4.78 is 0. The fourth-order valence-corrected chi connectivity index (χ4v) is 2.29. The third-order valence-corrected chi connectivity index (χ3v) is 3.62. The normalized spacial score (nSPS) is 18.7. The van der Waals surface area contributed by atoms with Crippen LogP contribution in [-0.2, 0) is 0 Å². The molecule has 3 N–H and O–H groups in total. The minimum Gasteiger partial charge on any atom is -0.390 e. The van der Waals surface area contributed by atoms with Crippen LogP contribution in [0.5, 0.6) is 0 Å². The lowest BCUT2D eigenvalue weighted by atomic mass is 9.94. The second-order valence-electron chi connectivity index (χ2n) is 5.20. The summed E-state index contributed by atoms with van der Waals surface area (Å²) in [6.45, 7) is 5.43. The van der Waals surface area contributed by atoms with E-state index in [9.17, 15) is 5.11 Å². The standard InChI is InChI=1S/C13H19N3OS/c1-9-7-10(12(14)18)8-11(15-9)16-5-3-13(2,17)4-6-16/h7-8,17H,3-6H2,1-2H3,(H2,14,18). The lowest BCUT2D eigenvalue weighted by Gasteiger charge is -2.36. The highest BCUT2D eigenvalue weighted by Gasteiger charge is 2.28. The maximum absolute atomic E-state index is 9.95. The molecule has 0 atom stereocenters. The second-order valence-corrected chi connectivity index (χ2v) is 5.64. The molecule has 0 unspecified atom stereocenters. The van der Waals surface area contributed by atoms with Crippen LogP contribution < -0.4 is 10.6 Å². The van der Waals surface area contributed by atoms with Crippen LogP contribution in [0.4, 0.5) is 5.82 Å². The number of nitrogens with two attached hydrogens (primary N) is 1. The Balaban J connectivity index is 2.21. The van der Waals surface area contributed by atoms with E-state index in [1.54, 1.807) is 0 Å². The molecule has 0 saturated carbocycles. The highest BCUT2D eigenvalue weighted by molar-refractivity contribution is 7.80. The van der Waals surface area contributed by atoms with Gasteiger partial charge in [-0.2, -0.15) is 0 Å². The first kappa shape index (κ1) is 13.2. The van der Waals surface area contributed by atoms with Gasteiger partial charge in [0.2, 0.25) is 0 Å². The monoisotopic (exact) mass is 265 g/mol. The maximum atomic E-state index is 9.95. The van der Waals surface area contributed by atoms with E-state index in [0.29, 0.717) is 4.99 Å². The molecule has 2 rings (SSSR count). The van der Waals surface area contributed by atoms with Crippen molar-refractivity contribution in [1.82, 2.24) is 4.98 Å². The smallest absolute Gasteiger partial charge is 0.129 e. The summed E-state index contributed by atoms with van der Waals surface area (Å²) in [5.41, 5.74) is 6.88. The van der Waals surface area contributed by atoms with Crippen LogP contribution in [0.15, 0.2) is 12.1 Å². The Kier molecular flexibility index (Phi) is 3.54. The first-order chi connectivity index (χ1) is 8.37. The van der Waals surface area contributed by atoms with Crippen molar-refractivity contribution in [3.8, 4) is 0 Å². The molecular formula is C13H19N3OS. The summed E-state index contributed by atoms with van der Waals surface area (Å²) in [7, 11) is 0. The van der Waals surface area contributed by atoms with E-state index in [4.69, 9.17) is 18.0 Å². The Hall–Kier alpha value is -1.20. The van der Waals surface area contributed by atoms with Gasteiger partial charge in [-0.1, -0.05) is 12.2 Å². The summed E-state index contributed by atoms with van der Waals surface area (Å²) in [6.07, 6.45) is 1.51. The van der Waals surface area contributed by atoms with E-state index in [0.717, 1.165) is 43.0 Å².